The van der Waals surface area contributed by atoms with Gasteiger partial charge < -0.3 is 14.8 Å². The molecule has 0 atom stereocenters. The second kappa shape index (κ2) is 8.01. The zero-order chi connectivity index (χ0) is 20.3. The molecule has 1 aromatic heterocycles. The standard InChI is InChI=1S/C18H13FN2O6S/c1-26-14-4-3-12(21(24)25)8-13(14)20-17(22)9-27-18(23)16-7-10-6-11(19)2-5-15(10)28-16/h2-8H,9H2,1H3,(H,20,22). The number of benzene rings is 2. The van der Waals surface area contributed by atoms with Crippen molar-refractivity contribution in [1.29, 1.82) is 0 Å². The van der Waals surface area contributed by atoms with E-state index in [1.807, 2.05) is 0 Å². The number of non-ortho nitro benzene ring substituents is 1. The highest BCUT2D eigenvalue weighted by atomic mass is 32.1. The van der Waals surface area contributed by atoms with Gasteiger partial charge in [0.15, 0.2) is 6.61 Å². The number of thiophene rings is 1. The van der Waals surface area contributed by atoms with Crippen LogP contribution in [0.4, 0.5) is 15.8 Å². The number of nitrogens with one attached hydrogen (secondary N) is 1. The Balaban J connectivity index is 1.65. The van der Waals surface area contributed by atoms with Crippen LogP contribution in [-0.2, 0) is 9.53 Å². The molecule has 10 heteroatoms. The van der Waals surface area contributed by atoms with Crippen molar-refractivity contribution in [2.24, 2.45) is 0 Å². The molecule has 0 fully saturated rings. The van der Waals surface area contributed by atoms with Crippen molar-refractivity contribution in [3.05, 3.63) is 63.3 Å². The van der Waals surface area contributed by atoms with Crippen molar-refractivity contribution in [2.75, 3.05) is 19.0 Å². The number of anilines is 1. The summed E-state index contributed by atoms with van der Waals surface area (Å²) in [6.45, 7) is -0.604. The maximum Gasteiger partial charge on any atom is 0.348 e. The van der Waals surface area contributed by atoms with Crippen LogP contribution in [0.25, 0.3) is 10.1 Å². The summed E-state index contributed by atoms with van der Waals surface area (Å²) in [5.41, 5.74) is -0.152. The molecular weight excluding hydrogens is 391 g/mol. The Hall–Kier alpha value is -3.53. The first-order valence-electron chi connectivity index (χ1n) is 7.86. The Kier molecular flexibility index (Phi) is 5.50. The summed E-state index contributed by atoms with van der Waals surface area (Å²) in [4.78, 5) is 34.7. The number of nitro benzene ring substituents is 1. The predicted molar refractivity (Wildman–Crippen MR) is 100 cm³/mol. The highest BCUT2D eigenvalue weighted by Crippen LogP contribution is 2.29. The van der Waals surface area contributed by atoms with E-state index in [0.29, 0.717) is 10.1 Å². The first-order chi connectivity index (χ1) is 13.4. The van der Waals surface area contributed by atoms with Gasteiger partial charge in [0.2, 0.25) is 0 Å². The SMILES string of the molecule is COc1ccc([N+](=O)[O-])cc1NC(=O)COC(=O)c1cc2cc(F)ccc2s1. The number of hydrogen-bond acceptors (Lipinski definition) is 7. The van der Waals surface area contributed by atoms with Gasteiger partial charge in [-0.05, 0) is 35.7 Å². The number of nitro groups is 1. The molecule has 0 saturated heterocycles. The molecule has 0 aliphatic carbocycles. The van der Waals surface area contributed by atoms with Crippen LogP contribution in [0.2, 0.25) is 0 Å². The number of amides is 1. The first kappa shape index (κ1) is 19.2. The Bertz CT molecular complexity index is 1080. The third-order valence-electron chi connectivity index (χ3n) is 3.68. The van der Waals surface area contributed by atoms with Crippen LogP contribution in [0, 0.1) is 15.9 Å². The van der Waals surface area contributed by atoms with E-state index in [-0.39, 0.29) is 22.0 Å². The van der Waals surface area contributed by atoms with E-state index in [1.54, 1.807) is 6.07 Å². The molecule has 0 bridgehead atoms. The lowest BCUT2D eigenvalue weighted by Crippen LogP contribution is -2.21. The smallest absolute Gasteiger partial charge is 0.348 e. The van der Waals surface area contributed by atoms with Crippen LogP contribution in [0.3, 0.4) is 0 Å². The minimum absolute atomic E-state index is 0.0788. The van der Waals surface area contributed by atoms with Gasteiger partial charge in [-0.2, -0.15) is 0 Å². The van der Waals surface area contributed by atoms with E-state index in [2.05, 4.69) is 5.32 Å². The van der Waals surface area contributed by atoms with E-state index in [0.717, 1.165) is 17.4 Å². The van der Waals surface area contributed by atoms with Gasteiger partial charge in [-0.1, -0.05) is 0 Å². The zero-order valence-corrected chi connectivity index (χ0v) is 15.2. The molecule has 3 aromatic rings. The lowest BCUT2D eigenvalue weighted by Gasteiger charge is -2.10. The molecule has 0 aliphatic heterocycles. The molecule has 3 rings (SSSR count). The van der Waals surface area contributed by atoms with Gasteiger partial charge in [0.1, 0.15) is 16.4 Å². The number of carbonyl (C=O) groups is 2. The van der Waals surface area contributed by atoms with Crippen LogP contribution >= 0.6 is 11.3 Å². The maximum atomic E-state index is 13.2. The number of hydrogen-bond donors (Lipinski definition) is 1. The number of methoxy groups -OCH3 is 1. The van der Waals surface area contributed by atoms with Crippen LogP contribution in [0.5, 0.6) is 5.75 Å². The van der Waals surface area contributed by atoms with E-state index in [4.69, 9.17) is 9.47 Å². The van der Waals surface area contributed by atoms with Gasteiger partial charge >= 0.3 is 5.97 Å². The Morgan fingerprint density at radius 1 is 1.21 bits per heavy atom. The summed E-state index contributed by atoms with van der Waals surface area (Å²) in [5.74, 6) is -1.63. The molecular formula is C18H13FN2O6S. The van der Waals surface area contributed by atoms with Crippen molar-refractivity contribution in [1.82, 2.24) is 0 Å². The quantitative estimate of drug-likeness (QED) is 0.381. The fourth-order valence-electron chi connectivity index (χ4n) is 2.41. The van der Waals surface area contributed by atoms with E-state index in [9.17, 15) is 24.1 Å². The largest absolute Gasteiger partial charge is 0.495 e. The van der Waals surface area contributed by atoms with Crippen LogP contribution < -0.4 is 10.1 Å². The van der Waals surface area contributed by atoms with Gasteiger partial charge in [-0.15, -0.1) is 11.3 Å². The summed E-state index contributed by atoms with van der Waals surface area (Å²) >= 11 is 1.11. The normalized spacial score (nSPS) is 10.5. The van der Waals surface area contributed by atoms with Crippen LogP contribution in [0.1, 0.15) is 9.67 Å². The van der Waals surface area contributed by atoms with Gasteiger partial charge in [0, 0.05) is 16.8 Å². The van der Waals surface area contributed by atoms with Gasteiger partial charge in [-0.25, -0.2) is 9.18 Å². The van der Waals surface area contributed by atoms with Gasteiger partial charge in [0.25, 0.3) is 11.6 Å². The molecule has 1 heterocycles. The van der Waals surface area contributed by atoms with E-state index < -0.39 is 29.2 Å². The van der Waals surface area contributed by atoms with E-state index in [1.165, 1.54) is 37.4 Å². The first-order valence-corrected chi connectivity index (χ1v) is 8.67. The molecule has 0 spiro atoms. The van der Waals surface area contributed by atoms with Crippen molar-refractivity contribution in [2.45, 2.75) is 0 Å². The molecule has 1 N–H and O–H groups in total. The van der Waals surface area contributed by atoms with Gasteiger partial charge in [-0.3, -0.25) is 14.9 Å². The van der Waals surface area contributed by atoms with Crippen molar-refractivity contribution < 1.29 is 28.4 Å². The topological polar surface area (TPSA) is 108 Å². The summed E-state index contributed by atoms with van der Waals surface area (Å²) in [5, 5.41) is 13.8. The average molecular weight is 404 g/mol. The Morgan fingerprint density at radius 2 is 2.00 bits per heavy atom. The summed E-state index contributed by atoms with van der Waals surface area (Å²) < 4.78 is 23.9. The number of halogens is 1. The Labute approximate surface area is 161 Å². The number of ether oxygens (including phenoxy) is 2. The fourth-order valence-corrected chi connectivity index (χ4v) is 3.35. The van der Waals surface area contributed by atoms with Crippen molar-refractivity contribution in [3.63, 3.8) is 0 Å². The molecule has 0 radical (unpaired) electrons. The van der Waals surface area contributed by atoms with Gasteiger partial charge in [0.05, 0.1) is 17.7 Å². The monoisotopic (exact) mass is 404 g/mol. The molecule has 8 nitrogen and oxygen atoms in total. The Morgan fingerprint density at radius 3 is 2.71 bits per heavy atom. The van der Waals surface area contributed by atoms with Crippen molar-refractivity contribution >= 4 is 44.7 Å². The minimum atomic E-state index is -0.734. The summed E-state index contributed by atoms with van der Waals surface area (Å²) in [7, 11) is 1.35. The number of fused-ring (bicyclic) bond motifs is 1. The molecule has 0 unspecified atom stereocenters. The third kappa shape index (κ3) is 4.23. The highest BCUT2D eigenvalue weighted by Gasteiger charge is 2.17. The number of nitrogens with zero attached hydrogens (tertiary/aromatic N) is 1. The third-order valence-corrected chi connectivity index (χ3v) is 4.78. The lowest BCUT2D eigenvalue weighted by molar-refractivity contribution is -0.384. The molecule has 0 aliphatic rings. The molecule has 28 heavy (non-hydrogen) atoms. The second-order valence-electron chi connectivity index (χ2n) is 5.56. The van der Waals surface area contributed by atoms with E-state index >= 15 is 0 Å². The second-order valence-corrected chi connectivity index (χ2v) is 6.64. The van der Waals surface area contributed by atoms with Crippen LogP contribution in [0.15, 0.2) is 42.5 Å². The summed E-state index contributed by atoms with van der Waals surface area (Å²) in [6, 6.07) is 9.33. The molecule has 144 valence electrons. The average Bonchev–Trinajstić information content (AvgIpc) is 3.09. The lowest BCUT2D eigenvalue weighted by atomic mass is 10.2. The number of rotatable bonds is 6. The fraction of sp³-hybridized carbons (Fsp3) is 0.111. The van der Waals surface area contributed by atoms with Crippen LogP contribution in [-0.4, -0.2) is 30.5 Å². The number of carbonyl (C=O) groups excluding carboxylic acids is 2. The predicted octanol–water partition coefficient (Wildman–Crippen LogP) is 3.75. The molecule has 2 aromatic carbocycles. The van der Waals surface area contributed by atoms with Crippen molar-refractivity contribution in [3.8, 4) is 5.75 Å². The highest BCUT2D eigenvalue weighted by molar-refractivity contribution is 7.20. The maximum absolute atomic E-state index is 13.2. The minimum Gasteiger partial charge on any atom is -0.495 e. The molecule has 1 amide bonds. The molecule has 0 saturated carbocycles. The summed E-state index contributed by atoms with van der Waals surface area (Å²) in [6.07, 6.45) is 0. The zero-order valence-electron chi connectivity index (χ0n) is 14.4. The number of esters is 1.